The van der Waals surface area contributed by atoms with E-state index in [1.54, 1.807) is 12.3 Å². The Balaban J connectivity index is 2.04. The Labute approximate surface area is 104 Å². The van der Waals surface area contributed by atoms with Crippen molar-refractivity contribution in [2.24, 2.45) is 0 Å². The van der Waals surface area contributed by atoms with Gasteiger partial charge in [0.05, 0.1) is 11.3 Å². The Bertz CT molecular complexity index is 645. The number of hydrogen-bond acceptors (Lipinski definition) is 2. The topological polar surface area (TPSA) is 50.2 Å². The molecule has 0 saturated heterocycles. The highest BCUT2D eigenvalue weighted by Gasteiger charge is 2.21. The van der Waals surface area contributed by atoms with Gasteiger partial charge in [-0.05, 0) is 28.8 Å². The molecule has 1 aromatic heterocycles. The molecular formula is C15H11NO2. The van der Waals surface area contributed by atoms with Crippen LogP contribution < -0.4 is 0 Å². The summed E-state index contributed by atoms with van der Waals surface area (Å²) < 4.78 is 0. The van der Waals surface area contributed by atoms with E-state index in [0.717, 1.165) is 22.4 Å². The average Bonchev–Trinajstić information content (AvgIpc) is 2.83. The normalized spacial score (nSPS) is 13.0. The number of aromatic carboxylic acids is 1. The molecule has 3 nitrogen and oxygen atoms in total. The van der Waals surface area contributed by atoms with Crippen LogP contribution in [0.1, 0.15) is 27.2 Å². The van der Waals surface area contributed by atoms with E-state index in [1.807, 2.05) is 36.4 Å². The van der Waals surface area contributed by atoms with Gasteiger partial charge in [-0.25, -0.2) is 4.79 Å². The molecule has 3 rings (SSSR count). The number of nitrogens with zero attached hydrogens (tertiary/aromatic N) is 1. The summed E-state index contributed by atoms with van der Waals surface area (Å²) in [4.78, 5) is 15.4. The molecule has 0 bridgehead atoms. The van der Waals surface area contributed by atoms with Gasteiger partial charge in [0.2, 0.25) is 0 Å². The lowest BCUT2D eigenvalue weighted by Gasteiger charge is -2.04. The summed E-state index contributed by atoms with van der Waals surface area (Å²) in [5.74, 6) is -0.892. The van der Waals surface area contributed by atoms with Crippen molar-refractivity contribution < 1.29 is 9.90 Å². The molecular weight excluding hydrogens is 226 g/mol. The Morgan fingerprint density at radius 2 is 1.94 bits per heavy atom. The maximum Gasteiger partial charge on any atom is 0.336 e. The van der Waals surface area contributed by atoms with Gasteiger partial charge in [0.1, 0.15) is 0 Å². The van der Waals surface area contributed by atoms with E-state index in [9.17, 15) is 4.79 Å². The Morgan fingerprint density at radius 1 is 1.17 bits per heavy atom. The second kappa shape index (κ2) is 4.11. The van der Waals surface area contributed by atoms with Crippen molar-refractivity contribution >= 4 is 17.6 Å². The van der Waals surface area contributed by atoms with Crippen molar-refractivity contribution in [2.45, 2.75) is 6.42 Å². The summed E-state index contributed by atoms with van der Waals surface area (Å²) in [5.41, 5.74) is 4.17. The van der Waals surface area contributed by atoms with Gasteiger partial charge in [-0.3, -0.25) is 4.98 Å². The number of pyridine rings is 1. The molecule has 1 aliphatic rings. The van der Waals surface area contributed by atoms with Crippen LogP contribution in [0, 0.1) is 0 Å². The molecule has 18 heavy (non-hydrogen) atoms. The van der Waals surface area contributed by atoms with Gasteiger partial charge in [0.15, 0.2) is 0 Å². The number of benzene rings is 1. The van der Waals surface area contributed by atoms with E-state index in [0.29, 0.717) is 12.0 Å². The van der Waals surface area contributed by atoms with Crippen LogP contribution in [0.2, 0.25) is 0 Å². The molecule has 0 aliphatic heterocycles. The first-order valence-electron chi connectivity index (χ1n) is 5.73. The van der Waals surface area contributed by atoms with Crippen LogP contribution in [0.25, 0.3) is 11.6 Å². The second-order valence-electron chi connectivity index (χ2n) is 4.24. The van der Waals surface area contributed by atoms with E-state index in [2.05, 4.69) is 4.98 Å². The van der Waals surface area contributed by atoms with Crippen molar-refractivity contribution in [3.63, 3.8) is 0 Å². The van der Waals surface area contributed by atoms with Crippen molar-refractivity contribution in [1.29, 1.82) is 0 Å². The van der Waals surface area contributed by atoms with Gasteiger partial charge in [-0.1, -0.05) is 30.3 Å². The van der Waals surface area contributed by atoms with E-state index in [4.69, 9.17) is 5.11 Å². The van der Waals surface area contributed by atoms with E-state index in [-0.39, 0.29) is 0 Å². The molecule has 3 heteroatoms. The summed E-state index contributed by atoms with van der Waals surface area (Å²) in [7, 11) is 0. The van der Waals surface area contributed by atoms with Crippen molar-refractivity contribution in [1.82, 2.24) is 4.98 Å². The maximum absolute atomic E-state index is 11.2. The van der Waals surface area contributed by atoms with Crippen LogP contribution >= 0.6 is 0 Å². The minimum absolute atomic E-state index is 0.349. The van der Waals surface area contributed by atoms with E-state index >= 15 is 0 Å². The molecule has 88 valence electrons. The predicted molar refractivity (Wildman–Crippen MR) is 69.2 cm³/mol. The fraction of sp³-hybridized carbons (Fsp3) is 0.0667. The summed E-state index contributed by atoms with van der Waals surface area (Å²) in [6.07, 6.45) is 4.15. The highest BCUT2D eigenvalue weighted by atomic mass is 16.4. The molecule has 1 aromatic carbocycles. The molecule has 0 unspecified atom stereocenters. The van der Waals surface area contributed by atoms with Crippen LogP contribution in [-0.4, -0.2) is 16.1 Å². The number of aromatic nitrogens is 1. The highest BCUT2D eigenvalue weighted by molar-refractivity contribution is 5.96. The molecule has 1 heterocycles. The van der Waals surface area contributed by atoms with Crippen LogP contribution in [-0.2, 0) is 6.42 Å². The number of carboxylic acids is 1. The number of fused-ring (bicyclic) bond motifs is 1. The Hall–Kier alpha value is -2.42. The second-order valence-corrected chi connectivity index (χ2v) is 4.24. The minimum Gasteiger partial charge on any atom is -0.478 e. The molecule has 0 atom stereocenters. The van der Waals surface area contributed by atoms with Gasteiger partial charge in [-0.2, -0.15) is 0 Å². The maximum atomic E-state index is 11.2. The van der Waals surface area contributed by atoms with Crippen LogP contribution in [0.5, 0.6) is 0 Å². The molecule has 0 radical (unpaired) electrons. The molecule has 1 N–H and O–H groups in total. The monoisotopic (exact) mass is 237 g/mol. The summed E-state index contributed by atoms with van der Waals surface area (Å²) in [6.45, 7) is 0. The molecule has 2 aromatic rings. The van der Waals surface area contributed by atoms with Gasteiger partial charge in [-0.15, -0.1) is 0 Å². The summed E-state index contributed by atoms with van der Waals surface area (Å²) in [6, 6.07) is 11.5. The number of allylic oxidation sites excluding steroid dienone is 1. The number of rotatable bonds is 2. The molecule has 0 fully saturated rings. The fourth-order valence-corrected chi connectivity index (χ4v) is 2.26. The first-order valence-corrected chi connectivity index (χ1v) is 5.73. The summed E-state index contributed by atoms with van der Waals surface area (Å²) >= 11 is 0. The Morgan fingerprint density at radius 3 is 2.67 bits per heavy atom. The Kier molecular flexibility index (Phi) is 2.45. The molecule has 0 amide bonds. The lowest BCUT2D eigenvalue weighted by atomic mass is 10.0. The van der Waals surface area contributed by atoms with Crippen LogP contribution in [0.3, 0.4) is 0 Å². The minimum atomic E-state index is -0.892. The van der Waals surface area contributed by atoms with Crippen LogP contribution in [0.15, 0.2) is 42.6 Å². The largest absolute Gasteiger partial charge is 0.478 e. The SMILES string of the molecule is O=C(O)c1ccnc2c1CC(c1ccccc1)=C2. The van der Waals surface area contributed by atoms with Crippen molar-refractivity contribution in [3.8, 4) is 0 Å². The quantitative estimate of drug-likeness (QED) is 0.873. The van der Waals surface area contributed by atoms with Crippen molar-refractivity contribution in [2.75, 3.05) is 0 Å². The van der Waals surface area contributed by atoms with Gasteiger partial charge < -0.3 is 5.11 Å². The predicted octanol–water partition coefficient (Wildman–Crippen LogP) is 2.88. The van der Waals surface area contributed by atoms with E-state index in [1.165, 1.54) is 0 Å². The zero-order chi connectivity index (χ0) is 12.5. The van der Waals surface area contributed by atoms with Gasteiger partial charge in [0, 0.05) is 12.6 Å². The third-order valence-electron chi connectivity index (χ3n) is 3.14. The molecule has 0 saturated carbocycles. The number of hydrogen-bond donors (Lipinski definition) is 1. The first-order chi connectivity index (χ1) is 8.75. The standard InChI is InChI=1S/C15H11NO2/c17-15(18)12-6-7-16-14-9-11(8-13(12)14)10-4-2-1-3-5-10/h1-7,9H,8H2,(H,17,18). The molecule has 1 aliphatic carbocycles. The zero-order valence-electron chi connectivity index (χ0n) is 9.63. The highest BCUT2D eigenvalue weighted by Crippen LogP contribution is 2.32. The molecule has 0 spiro atoms. The number of carboxylic acid groups (broad SMARTS) is 1. The van der Waals surface area contributed by atoms with Crippen LogP contribution in [0.4, 0.5) is 0 Å². The average molecular weight is 237 g/mol. The van der Waals surface area contributed by atoms with Gasteiger partial charge in [0.25, 0.3) is 0 Å². The zero-order valence-corrected chi connectivity index (χ0v) is 9.63. The first kappa shape index (κ1) is 10.7. The van der Waals surface area contributed by atoms with Crippen molar-refractivity contribution in [3.05, 3.63) is 65.0 Å². The number of carbonyl (C=O) groups is 1. The third kappa shape index (κ3) is 1.70. The van der Waals surface area contributed by atoms with Gasteiger partial charge >= 0.3 is 5.97 Å². The van der Waals surface area contributed by atoms with E-state index < -0.39 is 5.97 Å². The summed E-state index contributed by atoms with van der Waals surface area (Å²) in [5, 5.41) is 9.15. The lowest BCUT2D eigenvalue weighted by molar-refractivity contribution is 0.0696. The fourth-order valence-electron chi connectivity index (χ4n) is 2.26. The third-order valence-corrected chi connectivity index (χ3v) is 3.14. The smallest absolute Gasteiger partial charge is 0.336 e. The lowest BCUT2D eigenvalue weighted by Crippen LogP contribution is -2.03.